The van der Waals surface area contributed by atoms with Crippen LogP contribution >= 0.6 is 0 Å². The predicted molar refractivity (Wildman–Crippen MR) is 94.6 cm³/mol. The lowest BCUT2D eigenvalue weighted by molar-refractivity contribution is 0.0952. The molecule has 0 saturated heterocycles. The van der Waals surface area contributed by atoms with E-state index in [9.17, 15) is 4.79 Å². The van der Waals surface area contributed by atoms with Crippen LogP contribution in [0.1, 0.15) is 47.7 Å². The zero-order chi connectivity index (χ0) is 16.5. The van der Waals surface area contributed by atoms with Gasteiger partial charge < -0.3 is 10.6 Å². The average Bonchev–Trinajstić information content (AvgIpc) is 2.58. The molecule has 0 radical (unpaired) electrons. The Morgan fingerprint density at radius 3 is 2.78 bits per heavy atom. The molecule has 0 bridgehead atoms. The SMILES string of the molecule is CCCCCNC(=O)c1cncc(NCc2ccccc2C)c1. The molecule has 1 amide bonds. The van der Waals surface area contributed by atoms with E-state index in [0.717, 1.165) is 31.5 Å². The molecule has 2 N–H and O–H groups in total. The molecule has 0 aliphatic carbocycles. The molecule has 2 aromatic rings. The van der Waals surface area contributed by atoms with Crippen molar-refractivity contribution in [1.29, 1.82) is 0 Å². The van der Waals surface area contributed by atoms with E-state index in [1.54, 1.807) is 12.4 Å². The van der Waals surface area contributed by atoms with Crippen molar-refractivity contribution in [2.75, 3.05) is 11.9 Å². The second-order valence-corrected chi connectivity index (χ2v) is 5.71. The topological polar surface area (TPSA) is 54.0 Å². The minimum Gasteiger partial charge on any atom is -0.380 e. The van der Waals surface area contributed by atoms with Crippen molar-refractivity contribution in [1.82, 2.24) is 10.3 Å². The third kappa shape index (κ3) is 5.40. The number of carbonyl (C=O) groups excluding carboxylic acids is 1. The maximum Gasteiger partial charge on any atom is 0.252 e. The molecule has 1 heterocycles. The van der Waals surface area contributed by atoms with E-state index in [2.05, 4.69) is 41.6 Å². The number of pyridine rings is 1. The quantitative estimate of drug-likeness (QED) is 0.726. The van der Waals surface area contributed by atoms with Gasteiger partial charge in [-0.3, -0.25) is 9.78 Å². The second-order valence-electron chi connectivity index (χ2n) is 5.71. The van der Waals surface area contributed by atoms with E-state index in [0.29, 0.717) is 12.1 Å². The summed E-state index contributed by atoms with van der Waals surface area (Å²) in [6, 6.07) is 10.1. The van der Waals surface area contributed by atoms with Crippen LogP contribution in [0.25, 0.3) is 0 Å². The van der Waals surface area contributed by atoms with Crippen molar-refractivity contribution < 1.29 is 4.79 Å². The predicted octanol–water partition coefficient (Wildman–Crippen LogP) is 3.92. The monoisotopic (exact) mass is 311 g/mol. The fourth-order valence-corrected chi connectivity index (χ4v) is 2.35. The number of amides is 1. The summed E-state index contributed by atoms with van der Waals surface area (Å²) in [6.07, 6.45) is 6.65. The second kappa shape index (κ2) is 8.93. The molecule has 0 saturated carbocycles. The van der Waals surface area contributed by atoms with Gasteiger partial charge in [0.05, 0.1) is 11.3 Å². The zero-order valence-electron chi connectivity index (χ0n) is 13.9. The van der Waals surface area contributed by atoms with Crippen LogP contribution in [0, 0.1) is 6.92 Å². The molecular weight excluding hydrogens is 286 g/mol. The summed E-state index contributed by atoms with van der Waals surface area (Å²) in [5, 5.41) is 6.27. The Labute approximate surface area is 138 Å². The van der Waals surface area contributed by atoms with Crippen molar-refractivity contribution in [2.45, 2.75) is 39.7 Å². The molecule has 0 atom stereocenters. The first-order chi connectivity index (χ1) is 11.2. The molecule has 0 aliphatic rings. The normalized spacial score (nSPS) is 10.3. The number of hydrogen-bond acceptors (Lipinski definition) is 3. The van der Waals surface area contributed by atoms with Gasteiger partial charge in [0, 0.05) is 25.5 Å². The summed E-state index contributed by atoms with van der Waals surface area (Å²) in [5.74, 6) is -0.0619. The minimum atomic E-state index is -0.0619. The van der Waals surface area contributed by atoms with E-state index in [-0.39, 0.29) is 5.91 Å². The molecule has 0 unspecified atom stereocenters. The molecule has 122 valence electrons. The first kappa shape index (κ1) is 17.0. The number of nitrogens with one attached hydrogen (secondary N) is 2. The van der Waals surface area contributed by atoms with Gasteiger partial charge in [-0.25, -0.2) is 0 Å². The third-order valence-corrected chi connectivity index (χ3v) is 3.81. The van der Waals surface area contributed by atoms with Gasteiger partial charge in [-0.05, 0) is 30.5 Å². The Hall–Kier alpha value is -2.36. The van der Waals surface area contributed by atoms with Crippen molar-refractivity contribution in [3.63, 3.8) is 0 Å². The summed E-state index contributed by atoms with van der Waals surface area (Å²) in [7, 11) is 0. The van der Waals surface area contributed by atoms with E-state index < -0.39 is 0 Å². The van der Waals surface area contributed by atoms with Crippen LogP contribution in [0.15, 0.2) is 42.7 Å². The van der Waals surface area contributed by atoms with Crippen molar-refractivity contribution in [3.8, 4) is 0 Å². The third-order valence-electron chi connectivity index (χ3n) is 3.81. The van der Waals surface area contributed by atoms with E-state index in [1.165, 1.54) is 11.1 Å². The maximum atomic E-state index is 12.1. The number of hydrogen-bond donors (Lipinski definition) is 2. The van der Waals surface area contributed by atoms with Crippen molar-refractivity contribution >= 4 is 11.6 Å². The number of nitrogens with zero attached hydrogens (tertiary/aromatic N) is 1. The fourth-order valence-electron chi connectivity index (χ4n) is 2.35. The summed E-state index contributed by atoms with van der Waals surface area (Å²) in [5.41, 5.74) is 3.94. The molecule has 0 fully saturated rings. The van der Waals surface area contributed by atoms with E-state index >= 15 is 0 Å². The lowest BCUT2D eigenvalue weighted by Gasteiger charge is -2.10. The molecule has 4 nitrogen and oxygen atoms in total. The number of aromatic nitrogens is 1. The smallest absolute Gasteiger partial charge is 0.252 e. The molecule has 4 heteroatoms. The molecule has 2 rings (SSSR count). The van der Waals surface area contributed by atoms with Gasteiger partial charge in [0.15, 0.2) is 0 Å². The van der Waals surface area contributed by atoms with Crippen LogP contribution in [0.2, 0.25) is 0 Å². The van der Waals surface area contributed by atoms with Gasteiger partial charge in [-0.15, -0.1) is 0 Å². The Kier molecular flexibility index (Phi) is 6.60. The Bertz CT molecular complexity index is 640. The van der Waals surface area contributed by atoms with Gasteiger partial charge in [-0.1, -0.05) is 44.0 Å². The largest absolute Gasteiger partial charge is 0.380 e. The number of anilines is 1. The van der Waals surface area contributed by atoms with Crippen LogP contribution in [0.3, 0.4) is 0 Å². The van der Waals surface area contributed by atoms with Crippen LogP contribution in [-0.2, 0) is 6.54 Å². The highest BCUT2D eigenvalue weighted by molar-refractivity contribution is 5.94. The van der Waals surface area contributed by atoms with Gasteiger partial charge in [0.25, 0.3) is 5.91 Å². The summed E-state index contributed by atoms with van der Waals surface area (Å²) < 4.78 is 0. The molecule has 0 aliphatic heterocycles. The standard InChI is InChI=1S/C19H25N3O/c1-3-4-7-10-21-19(23)17-11-18(14-20-12-17)22-13-16-9-6-5-8-15(16)2/h5-6,8-9,11-12,14,22H,3-4,7,10,13H2,1-2H3,(H,21,23). The molecule has 0 spiro atoms. The minimum absolute atomic E-state index is 0.0619. The van der Waals surface area contributed by atoms with E-state index in [4.69, 9.17) is 0 Å². The lowest BCUT2D eigenvalue weighted by atomic mass is 10.1. The van der Waals surface area contributed by atoms with Gasteiger partial charge in [-0.2, -0.15) is 0 Å². The number of benzene rings is 1. The highest BCUT2D eigenvalue weighted by Gasteiger charge is 2.06. The van der Waals surface area contributed by atoms with Gasteiger partial charge >= 0.3 is 0 Å². The summed E-state index contributed by atoms with van der Waals surface area (Å²) in [6.45, 7) is 5.67. The van der Waals surface area contributed by atoms with Crippen LogP contribution in [0.5, 0.6) is 0 Å². The Morgan fingerprint density at radius 2 is 2.00 bits per heavy atom. The highest BCUT2D eigenvalue weighted by atomic mass is 16.1. The number of rotatable bonds is 8. The number of unbranched alkanes of at least 4 members (excludes halogenated alkanes) is 2. The first-order valence-electron chi connectivity index (χ1n) is 8.22. The first-order valence-corrected chi connectivity index (χ1v) is 8.22. The number of carbonyl (C=O) groups is 1. The molecular formula is C19H25N3O. The summed E-state index contributed by atoms with van der Waals surface area (Å²) >= 11 is 0. The van der Waals surface area contributed by atoms with Gasteiger partial charge in [0.2, 0.25) is 0 Å². The molecule has 23 heavy (non-hydrogen) atoms. The van der Waals surface area contributed by atoms with Crippen LogP contribution in [-0.4, -0.2) is 17.4 Å². The maximum absolute atomic E-state index is 12.1. The summed E-state index contributed by atoms with van der Waals surface area (Å²) in [4.78, 5) is 16.3. The number of aryl methyl sites for hydroxylation is 1. The van der Waals surface area contributed by atoms with Crippen LogP contribution in [0.4, 0.5) is 5.69 Å². The van der Waals surface area contributed by atoms with E-state index in [1.807, 2.05) is 18.2 Å². The fraction of sp³-hybridized carbons (Fsp3) is 0.368. The molecule has 1 aromatic carbocycles. The zero-order valence-corrected chi connectivity index (χ0v) is 13.9. The van der Waals surface area contributed by atoms with Crippen LogP contribution < -0.4 is 10.6 Å². The van der Waals surface area contributed by atoms with Gasteiger partial charge in [0.1, 0.15) is 0 Å². The van der Waals surface area contributed by atoms with Crippen molar-refractivity contribution in [3.05, 3.63) is 59.4 Å². The highest BCUT2D eigenvalue weighted by Crippen LogP contribution is 2.13. The Balaban J connectivity index is 1.91. The lowest BCUT2D eigenvalue weighted by Crippen LogP contribution is -2.24. The Morgan fingerprint density at radius 1 is 1.17 bits per heavy atom. The van der Waals surface area contributed by atoms with Crippen molar-refractivity contribution in [2.24, 2.45) is 0 Å². The molecule has 1 aromatic heterocycles. The average molecular weight is 311 g/mol.